The zero-order valence-electron chi connectivity index (χ0n) is 8.45. The van der Waals surface area contributed by atoms with Crippen molar-refractivity contribution in [3.05, 3.63) is 0 Å². The number of amides is 1. The van der Waals surface area contributed by atoms with Crippen molar-refractivity contribution in [1.82, 2.24) is 5.32 Å². The van der Waals surface area contributed by atoms with E-state index in [9.17, 15) is 9.59 Å². The van der Waals surface area contributed by atoms with Crippen LogP contribution in [0.1, 0.15) is 39.0 Å². The van der Waals surface area contributed by atoms with Crippen LogP contribution in [0.4, 0.5) is 0 Å². The van der Waals surface area contributed by atoms with Gasteiger partial charge in [0.15, 0.2) is 0 Å². The van der Waals surface area contributed by atoms with E-state index >= 15 is 0 Å². The Balaban J connectivity index is 2.31. The molecule has 0 heterocycles. The first-order valence-corrected chi connectivity index (χ1v) is 5.17. The minimum Gasteiger partial charge on any atom is -0.480 e. The lowest BCUT2D eigenvalue weighted by Gasteiger charge is -2.12. The fourth-order valence-corrected chi connectivity index (χ4v) is 1.39. The highest BCUT2D eigenvalue weighted by molar-refractivity contribution is 5.83. The van der Waals surface area contributed by atoms with Gasteiger partial charge in [-0.3, -0.25) is 4.79 Å². The third-order valence-electron chi connectivity index (χ3n) is 2.43. The van der Waals surface area contributed by atoms with E-state index in [1.807, 2.05) is 6.92 Å². The van der Waals surface area contributed by atoms with Crippen LogP contribution in [-0.2, 0) is 9.59 Å². The lowest BCUT2D eigenvalue weighted by atomic mass is 10.1. The number of rotatable bonds is 6. The van der Waals surface area contributed by atoms with Gasteiger partial charge in [0.05, 0.1) is 0 Å². The summed E-state index contributed by atoms with van der Waals surface area (Å²) in [5.74, 6) is -0.874. The fourth-order valence-electron chi connectivity index (χ4n) is 1.39. The summed E-state index contributed by atoms with van der Waals surface area (Å²) in [6.45, 7) is 2.00. The Morgan fingerprint density at radius 2 is 2.14 bits per heavy atom. The van der Waals surface area contributed by atoms with Gasteiger partial charge in [-0.1, -0.05) is 13.3 Å². The molecule has 0 aromatic carbocycles. The van der Waals surface area contributed by atoms with E-state index in [0.717, 1.165) is 25.7 Å². The van der Waals surface area contributed by atoms with Crippen LogP contribution in [0.3, 0.4) is 0 Å². The average Bonchev–Trinajstić information content (AvgIpc) is 2.93. The molecule has 1 aliphatic carbocycles. The molecule has 0 saturated heterocycles. The van der Waals surface area contributed by atoms with Gasteiger partial charge in [-0.2, -0.15) is 0 Å². The van der Waals surface area contributed by atoms with Gasteiger partial charge >= 0.3 is 5.97 Å². The van der Waals surface area contributed by atoms with E-state index in [0.29, 0.717) is 6.42 Å². The van der Waals surface area contributed by atoms with Crippen LogP contribution in [-0.4, -0.2) is 23.0 Å². The van der Waals surface area contributed by atoms with E-state index in [1.165, 1.54) is 0 Å². The SMILES string of the molecule is CCCCC(=O)NC(C(=O)O)C1CC1. The van der Waals surface area contributed by atoms with Crippen LogP contribution in [0.25, 0.3) is 0 Å². The van der Waals surface area contributed by atoms with Crippen molar-refractivity contribution in [3.8, 4) is 0 Å². The van der Waals surface area contributed by atoms with E-state index < -0.39 is 12.0 Å². The third-order valence-corrected chi connectivity index (χ3v) is 2.43. The Kier molecular flexibility index (Phi) is 3.92. The van der Waals surface area contributed by atoms with Crippen molar-refractivity contribution in [2.45, 2.75) is 45.1 Å². The maximum Gasteiger partial charge on any atom is 0.326 e. The van der Waals surface area contributed by atoms with E-state index in [2.05, 4.69) is 5.32 Å². The van der Waals surface area contributed by atoms with Gasteiger partial charge in [0.1, 0.15) is 6.04 Å². The normalized spacial score (nSPS) is 17.5. The topological polar surface area (TPSA) is 66.4 Å². The molecule has 80 valence electrons. The highest BCUT2D eigenvalue weighted by atomic mass is 16.4. The van der Waals surface area contributed by atoms with Crippen molar-refractivity contribution >= 4 is 11.9 Å². The van der Waals surface area contributed by atoms with Gasteiger partial charge in [0, 0.05) is 6.42 Å². The molecule has 1 atom stereocenters. The van der Waals surface area contributed by atoms with Gasteiger partial charge < -0.3 is 10.4 Å². The summed E-state index contributed by atoms with van der Waals surface area (Å²) in [5, 5.41) is 11.4. The number of carbonyl (C=O) groups is 2. The quantitative estimate of drug-likeness (QED) is 0.674. The summed E-state index contributed by atoms with van der Waals surface area (Å²) in [4.78, 5) is 22.1. The molecular weight excluding hydrogens is 182 g/mol. The van der Waals surface area contributed by atoms with Gasteiger partial charge in [-0.25, -0.2) is 4.79 Å². The zero-order valence-corrected chi connectivity index (χ0v) is 8.45. The lowest BCUT2D eigenvalue weighted by molar-refractivity contribution is -0.142. The highest BCUT2D eigenvalue weighted by Gasteiger charge is 2.36. The number of unbranched alkanes of at least 4 members (excludes halogenated alkanes) is 1. The molecule has 4 heteroatoms. The number of carboxylic acids is 1. The summed E-state index contributed by atoms with van der Waals surface area (Å²) < 4.78 is 0. The van der Waals surface area contributed by atoms with Crippen molar-refractivity contribution in [2.75, 3.05) is 0 Å². The Labute approximate surface area is 83.7 Å². The Bertz CT molecular complexity index is 223. The molecule has 0 aliphatic heterocycles. The number of carbonyl (C=O) groups excluding carboxylic acids is 1. The Morgan fingerprint density at radius 1 is 1.50 bits per heavy atom. The van der Waals surface area contributed by atoms with Crippen molar-refractivity contribution in [2.24, 2.45) is 5.92 Å². The minimum atomic E-state index is -0.905. The van der Waals surface area contributed by atoms with E-state index in [-0.39, 0.29) is 11.8 Å². The standard InChI is InChI=1S/C10H17NO3/c1-2-3-4-8(12)11-9(10(13)14)7-5-6-7/h7,9H,2-6H2,1H3,(H,11,12)(H,13,14). The monoisotopic (exact) mass is 199 g/mol. The average molecular weight is 199 g/mol. The smallest absolute Gasteiger partial charge is 0.326 e. The first kappa shape index (κ1) is 11.0. The minimum absolute atomic E-state index is 0.133. The van der Waals surface area contributed by atoms with Gasteiger partial charge in [0.25, 0.3) is 0 Å². The van der Waals surface area contributed by atoms with Crippen molar-refractivity contribution in [1.29, 1.82) is 0 Å². The summed E-state index contributed by atoms with van der Waals surface area (Å²) >= 11 is 0. The van der Waals surface area contributed by atoms with Crippen LogP contribution >= 0.6 is 0 Å². The molecule has 1 saturated carbocycles. The molecule has 1 unspecified atom stereocenters. The molecule has 1 rings (SSSR count). The second-order valence-corrected chi connectivity index (χ2v) is 3.82. The second kappa shape index (κ2) is 4.98. The number of carboxylic acid groups (broad SMARTS) is 1. The lowest BCUT2D eigenvalue weighted by Crippen LogP contribution is -2.42. The van der Waals surface area contributed by atoms with E-state index in [4.69, 9.17) is 5.11 Å². The molecule has 0 spiro atoms. The number of nitrogens with one attached hydrogen (secondary N) is 1. The molecule has 2 N–H and O–H groups in total. The molecular formula is C10H17NO3. The molecule has 4 nitrogen and oxygen atoms in total. The Hall–Kier alpha value is -1.06. The summed E-state index contributed by atoms with van der Waals surface area (Å²) in [5.41, 5.74) is 0. The summed E-state index contributed by atoms with van der Waals surface area (Å²) in [6.07, 6.45) is 4.06. The molecule has 0 aromatic heterocycles. The molecule has 0 radical (unpaired) electrons. The first-order valence-electron chi connectivity index (χ1n) is 5.17. The van der Waals surface area contributed by atoms with Gasteiger partial charge in [-0.05, 0) is 25.2 Å². The number of hydrogen-bond acceptors (Lipinski definition) is 2. The zero-order chi connectivity index (χ0) is 10.6. The molecule has 1 aliphatic rings. The predicted octanol–water partition coefficient (Wildman–Crippen LogP) is 1.16. The molecule has 1 amide bonds. The van der Waals surface area contributed by atoms with Crippen molar-refractivity contribution in [3.63, 3.8) is 0 Å². The summed E-state index contributed by atoms with van der Waals surface area (Å²) in [7, 11) is 0. The van der Waals surface area contributed by atoms with Gasteiger partial charge in [-0.15, -0.1) is 0 Å². The van der Waals surface area contributed by atoms with E-state index in [1.54, 1.807) is 0 Å². The third kappa shape index (κ3) is 3.36. The maximum absolute atomic E-state index is 11.3. The van der Waals surface area contributed by atoms with Crippen LogP contribution in [0.2, 0.25) is 0 Å². The largest absolute Gasteiger partial charge is 0.480 e. The fraction of sp³-hybridized carbons (Fsp3) is 0.800. The summed E-state index contributed by atoms with van der Waals surface area (Å²) in [6, 6.07) is -0.653. The maximum atomic E-state index is 11.3. The predicted molar refractivity (Wildman–Crippen MR) is 51.8 cm³/mol. The Morgan fingerprint density at radius 3 is 2.57 bits per heavy atom. The number of aliphatic carboxylic acids is 1. The second-order valence-electron chi connectivity index (χ2n) is 3.82. The van der Waals surface area contributed by atoms with Crippen molar-refractivity contribution < 1.29 is 14.7 Å². The number of hydrogen-bond donors (Lipinski definition) is 2. The van der Waals surface area contributed by atoms with Crippen LogP contribution in [0.15, 0.2) is 0 Å². The van der Waals surface area contributed by atoms with Crippen LogP contribution in [0, 0.1) is 5.92 Å². The first-order chi connectivity index (χ1) is 6.65. The highest BCUT2D eigenvalue weighted by Crippen LogP contribution is 2.32. The van der Waals surface area contributed by atoms with Crippen LogP contribution < -0.4 is 5.32 Å². The van der Waals surface area contributed by atoms with Gasteiger partial charge in [0.2, 0.25) is 5.91 Å². The molecule has 0 aromatic rings. The molecule has 14 heavy (non-hydrogen) atoms. The van der Waals surface area contributed by atoms with Crippen LogP contribution in [0.5, 0.6) is 0 Å². The molecule has 1 fully saturated rings. The molecule has 0 bridgehead atoms.